The molecule has 0 aliphatic carbocycles. The van der Waals surface area contributed by atoms with Crippen molar-refractivity contribution in [1.29, 1.82) is 0 Å². The van der Waals surface area contributed by atoms with Crippen LogP contribution >= 0.6 is 35.1 Å². The maximum atomic E-state index is 6.00. The molecule has 1 aromatic rings. The maximum absolute atomic E-state index is 6.00. The summed E-state index contributed by atoms with van der Waals surface area (Å²) in [5, 5.41) is 5.18. The molecule has 0 bridgehead atoms. The molecule has 0 spiro atoms. The predicted molar refractivity (Wildman–Crippen MR) is 81.4 cm³/mol. The second-order valence-electron chi connectivity index (χ2n) is 4.25. The Bertz CT molecular complexity index is 353. The van der Waals surface area contributed by atoms with Gasteiger partial charge in [-0.25, -0.2) is 0 Å². The van der Waals surface area contributed by atoms with Crippen LogP contribution in [0, 0.1) is 0 Å². The van der Waals surface area contributed by atoms with Gasteiger partial charge in [0.2, 0.25) is 0 Å². The minimum atomic E-state index is 0.376. The smallest absolute Gasteiger partial charge is 0.0409 e. The molecule has 1 aliphatic rings. The van der Waals surface area contributed by atoms with Crippen molar-refractivity contribution in [3.63, 3.8) is 0 Å². The van der Waals surface area contributed by atoms with Crippen LogP contribution in [0.4, 0.5) is 0 Å². The summed E-state index contributed by atoms with van der Waals surface area (Å²) in [6, 6.07) is 8.49. The molecule has 1 fully saturated rings. The Morgan fingerprint density at radius 3 is 3.06 bits per heavy atom. The van der Waals surface area contributed by atoms with Gasteiger partial charge in [0.1, 0.15) is 0 Å². The number of benzene rings is 1. The van der Waals surface area contributed by atoms with Gasteiger partial charge in [-0.3, -0.25) is 0 Å². The SMILES string of the molecule is CC(NCC1CSCCS1)c1cccc(Cl)c1. The van der Waals surface area contributed by atoms with Crippen LogP contribution in [0.5, 0.6) is 0 Å². The summed E-state index contributed by atoms with van der Waals surface area (Å²) in [7, 11) is 0. The molecule has 2 rings (SSSR count). The van der Waals surface area contributed by atoms with Crippen LogP contribution in [-0.2, 0) is 0 Å². The van der Waals surface area contributed by atoms with Crippen molar-refractivity contribution in [3.05, 3.63) is 34.9 Å². The lowest BCUT2D eigenvalue weighted by Gasteiger charge is -2.23. The van der Waals surface area contributed by atoms with Crippen LogP contribution in [-0.4, -0.2) is 29.1 Å². The third kappa shape index (κ3) is 4.40. The van der Waals surface area contributed by atoms with Crippen LogP contribution in [0.15, 0.2) is 24.3 Å². The van der Waals surface area contributed by atoms with Gasteiger partial charge in [0.25, 0.3) is 0 Å². The molecule has 0 amide bonds. The average Bonchev–Trinajstić information content (AvgIpc) is 2.37. The minimum absolute atomic E-state index is 0.376. The van der Waals surface area contributed by atoms with Crippen molar-refractivity contribution in [2.75, 3.05) is 23.8 Å². The molecule has 0 radical (unpaired) electrons. The highest BCUT2D eigenvalue weighted by atomic mass is 35.5. The quantitative estimate of drug-likeness (QED) is 0.904. The Labute approximate surface area is 117 Å². The Kier molecular flexibility index (Phi) is 5.54. The number of nitrogens with one attached hydrogen (secondary N) is 1. The maximum Gasteiger partial charge on any atom is 0.0409 e. The van der Waals surface area contributed by atoms with Crippen LogP contribution in [0.3, 0.4) is 0 Å². The predicted octanol–water partition coefficient (Wildman–Crippen LogP) is 3.84. The molecule has 1 nitrogen and oxygen atoms in total. The van der Waals surface area contributed by atoms with Gasteiger partial charge in [-0.05, 0) is 24.6 Å². The Balaban J connectivity index is 1.82. The molecule has 4 heteroatoms. The molecule has 1 N–H and O–H groups in total. The van der Waals surface area contributed by atoms with Gasteiger partial charge < -0.3 is 5.32 Å². The van der Waals surface area contributed by atoms with Crippen molar-refractivity contribution in [1.82, 2.24) is 5.32 Å². The fourth-order valence-electron chi connectivity index (χ4n) is 1.86. The van der Waals surface area contributed by atoms with Crippen LogP contribution in [0.1, 0.15) is 18.5 Å². The standard InChI is InChI=1S/C13H18ClNS2/c1-10(11-3-2-4-12(14)7-11)15-8-13-9-16-5-6-17-13/h2-4,7,10,13,15H,5-6,8-9H2,1H3. The first-order chi connectivity index (χ1) is 8.25. The highest BCUT2D eigenvalue weighted by molar-refractivity contribution is 8.06. The third-order valence-electron chi connectivity index (χ3n) is 2.89. The van der Waals surface area contributed by atoms with E-state index >= 15 is 0 Å². The molecule has 0 saturated carbocycles. The van der Waals surface area contributed by atoms with Gasteiger partial charge in [0, 0.05) is 40.1 Å². The molecule has 1 heterocycles. The Morgan fingerprint density at radius 2 is 2.35 bits per heavy atom. The van der Waals surface area contributed by atoms with E-state index < -0.39 is 0 Å². The van der Waals surface area contributed by atoms with Gasteiger partial charge >= 0.3 is 0 Å². The van der Waals surface area contributed by atoms with E-state index in [9.17, 15) is 0 Å². The van der Waals surface area contributed by atoms with Gasteiger partial charge in [-0.2, -0.15) is 23.5 Å². The molecular weight excluding hydrogens is 270 g/mol. The van der Waals surface area contributed by atoms with Crippen LogP contribution in [0.2, 0.25) is 5.02 Å². The topological polar surface area (TPSA) is 12.0 Å². The molecule has 94 valence electrons. The van der Waals surface area contributed by atoms with Crippen molar-refractivity contribution in [2.45, 2.75) is 18.2 Å². The molecule has 2 atom stereocenters. The summed E-state index contributed by atoms with van der Waals surface area (Å²) in [5.41, 5.74) is 1.27. The monoisotopic (exact) mass is 287 g/mol. The summed E-state index contributed by atoms with van der Waals surface area (Å²) < 4.78 is 0. The lowest BCUT2D eigenvalue weighted by atomic mass is 10.1. The number of thioether (sulfide) groups is 2. The number of halogens is 1. The van der Waals surface area contributed by atoms with E-state index in [1.54, 1.807) is 0 Å². The normalized spacial score (nSPS) is 22.4. The van der Waals surface area contributed by atoms with Crippen molar-refractivity contribution in [3.8, 4) is 0 Å². The molecular formula is C13H18ClNS2. The molecule has 17 heavy (non-hydrogen) atoms. The van der Waals surface area contributed by atoms with E-state index in [4.69, 9.17) is 11.6 Å². The zero-order valence-electron chi connectivity index (χ0n) is 9.99. The van der Waals surface area contributed by atoms with Crippen molar-refractivity contribution < 1.29 is 0 Å². The zero-order valence-corrected chi connectivity index (χ0v) is 12.4. The van der Waals surface area contributed by atoms with E-state index in [0.29, 0.717) is 6.04 Å². The summed E-state index contributed by atoms with van der Waals surface area (Å²) >= 11 is 10.2. The third-order valence-corrected chi connectivity index (χ3v) is 5.97. The van der Waals surface area contributed by atoms with E-state index in [2.05, 4.69) is 41.8 Å². The summed E-state index contributed by atoms with van der Waals surface area (Å²) in [4.78, 5) is 0. The van der Waals surface area contributed by atoms with Crippen molar-refractivity contribution in [2.24, 2.45) is 0 Å². The van der Waals surface area contributed by atoms with Crippen LogP contribution < -0.4 is 5.32 Å². The summed E-state index contributed by atoms with van der Waals surface area (Å²) in [6.45, 7) is 3.29. The van der Waals surface area contributed by atoms with Crippen molar-refractivity contribution >= 4 is 35.1 Å². The molecule has 2 unspecified atom stereocenters. The van der Waals surface area contributed by atoms with Gasteiger partial charge in [0.15, 0.2) is 0 Å². The first-order valence-corrected chi connectivity index (χ1v) is 8.52. The Hall–Kier alpha value is 0.170. The second-order valence-corrected chi connectivity index (χ2v) is 7.25. The highest BCUT2D eigenvalue weighted by Crippen LogP contribution is 2.24. The van der Waals surface area contributed by atoms with E-state index in [1.807, 2.05) is 18.2 Å². The Morgan fingerprint density at radius 1 is 1.47 bits per heavy atom. The summed E-state index contributed by atoms with van der Waals surface area (Å²) in [6.07, 6.45) is 0. The second kappa shape index (κ2) is 6.93. The molecule has 0 aromatic heterocycles. The lowest BCUT2D eigenvalue weighted by Crippen LogP contribution is -2.30. The average molecular weight is 288 g/mol. The van der Waals surface area contributed by atoms with Gasteiger partial charge in [0.05, 0.1) is 0 Å². The van der Waals surface area contributed by atoms with E-state index in [1.165, 1.54) is 22.8 Å². The number of hydrogen-bond acceptors (Lipinski definition) is 3. The number of hydrogen-bond donors (Lipinski definition) is 1. The largest absolute Gasteiger partial charge is 0.309 e. The molecule has 1 aliphatic heterocycles. The first-order valence-electron chi connectivity index (χ1n) is 5.94. The minimum Gasteiger partial charge on any atom is -0.309 e. The van der Waals surface area contributed by atoms with E-state index in [-0.39, 0.29) is 0 Å². The number of rotatable bonds is 4. The van der Waals surface area contributed by atoms with E-state index in [0.717, 1.165) is 16.8 Å². The van der Waals surface area contributed by atoms with Gasteiger partial charge in [-0.1, -0.05) is 23.7 Å². The summed E-state index contributed by atoms with van der Waals surface area (Å²) in [5.74, 6) is 3.88. The zero-order chi connectivity index (χ0) is 12.1. The molecule has 1 saturated heterocycles. The highest BCUT2D eigenvalue weighted by Gasteiger charge is 2.15. The fraction of sp³-hybridized carbons (Fsp3) is 0.538. The fourth-order valence-corrected chi connectivity index (χ4v) is 4.68. The lowest BCUT2D eigenvalue weighted by molar-refractivity contribution is 0.577. The first kappa shape index (κ1) is 13.6. The van der Waals surface area contributed by atoms with Gasteiger partial charge in [-0.15, -0.1) is 0 Å². The molecule has 1 aromatic carbocycles. The van der Waals surface area contributed by atoms with Crippen LogP contribution in [0.25, 0.3) is 0 Å².